The first-order chi connectivity index (χ1) is 9.79. The van der Waals surface area contributed by atoms with Crippen molar-refractivity contribution in [3.63, 3.8) is 0 Å². The molecule has 0 saturated heterocycles. The number of phenols is 1. The van der Waals surface area contributed by atoms with Crippen LogP contribution in [0.4, 0.5) is 11.4 Å². The summed E-state index contributed by atoms with van der Waals surface area (Å²) in [6.07, 6.45) is 0. The summed E-state index contributed by atoms with van der Waals surface area (Å²) in [6.45, 7) is 0. The lowest BCUT2D eigenvalue weighted by Gasteiger charge is -2.09. The Kier molecular flexibility index (Phi) is 3.72. The molecule has 1 amide bonds. The van der Waals surface area contributed by atoms with Crippen LogP contribution >= 0.6 is 0 Å². The van der Waals surface area contributed by atoms with E-state index in [4.69, 9.17) is 11.5 Å². The third kappa shape index (κ3) is 3.23. The zero-order valence-electron chi connectivity index (χ0n) is 10.8. The molecule has 0 aliphatic carbocycles. The Hall–Kier alpha value is -2.74. The van der Waals surface area contributed by atoms with Gasteiger partial charge in [-0.1, -0.05) is 0 Å². The summed E-state index contributed by atoms with van der Waals surface area (Å²) in [6, 6.07) is 9.22. The minimum absolute atomic E-state index is 0.0399. The molecule has 0 saturated carbocycles. The first kappa shape index (κ1) is 14.7. The summed E-state index contributed by atoms with van der Waals surface area (Å²) >= 11 is 0. The van der Waals surface area contributed by atoms with E-state index in [2.05, 4.69) is 4.72 Å². The average Bonchev–Trinajstić information content (AvgIpc) is 2.42. The van der Waals surface area contributed by atoms with Crippen LogP contribution in [0.2, 0.25) is 0 Å². The van der Waals surface area contributed by atoms with E-state index in [1.54, 1.807) is 0 Å². The standard InChI is InChI=1S/C13H13N3O4S/c14-11-7-10(5-6-12(11)17)21(19,20)16-9-3-1-8(2-4-9)13(15)18/h1-7,16-17H,14H2,(H2,15,18). The third-order valence-electron chi connectivity index (χ3n) is 2.73. The van der Waals surface area contributed by atoms with Gasteiger partial charge in [-0.15, -0.1) is 0 Å². The van der Waals surface area contributed by atoms with Crippen molar-refractivity contribution in [1.82, 2.24) is 0 Å². The highest BCUT2D eigenvalue weighted by atomic mass is 32.2. The lowest BCUT2D eigenvalue weighted by atomic mass is 10.2. The van der Waals surface area contributed by atoms with Gasteiger partial charge in [-0.05, 0) is 42.5 Å². The number of anilines is 2. The van der Waals surface area contributed by atoms with Gasteiger partial charge in [-0.25, -0.2) is 8.42 Å². The Morgan fingerprint density at radius 1 is 1.10 bits per heavy atom. The fraction of sp³-hybridized carbons (Fsp3) is 0. The molecule has 21 heavy (non-hydrogen) atoms. The van der Waals surface area contributed by atoms with Crippen LogP contribution in [-0.2, 0) is 10.0 Å². The fourth-order valence-electron chi connectivity index (χ4n) is 1.62. The molecule has 0 bridgehead atoms. The molecule has 0 radical (unpaired) electrons. The van der Waals surface area contributed by atoms with E-state index in [0.717, 1.165) is 6.07 Å². The molecule has 0 atom stereocenters. The van der Waals surface area contributed by atoms with Gasteiger partial charge < -0.3 is 16.6 Å². The van der Waals surface area contributed by atoms with Crippen molar-refractivity contribution in [1.29, 1.82) is 0 Å². The highest BCUT2D eigenvalue weighted by Gasteiger charge is 2.15. The second kappa shape index (κ2) is 5.33. The van der Waals surface area contributed by atoms with Crippen molar-refractivity contribution in [3.05, 3.63) is 48.0 Å². The smallest absolute Gasteiger partial charge is 0.261 e. The number of hydrogen-bond donors (Lipinski definition) is 4. The molecule has 0 aromatic heterocycles. The van der Waals surface area contributed by atoms with Crippen LogP contribution in [0, 0.1) is 0 Å². The molecule has 0 fully saturated rings. The van der Waals surface area contributed by atoms with Gasteiger partial charge in [0.2, 0.25) is 5.91 Å². The minimum atomic E-state index is -3.84. The van der Waals surface area contributed by atoms with Gasteiger partial charge in [-0.2, -0.15) is 0 Å². The van der Waals surface area contributed by atoms with E-state index >= 15 is 0 Å². The van der Waals surface area contributed by atoms with Gasteiger partial charge in [0, 0.05) is 11.3 Å². The molecular weight excluding hydrogens is 294 g/mol. The summed E-state index contributed by atoms with van der Waals surface area (Å²) in [7, 11) is -3.84. The van der Waals surface area contributed by atoms with E-state index in [1.165, 1.54) is 36.4 Å². The van der Waals surface area contributed by atoms with Gasteiger partial charge in [0.15, 0.2) is 0 Å². The first-order valence-electron chi connectivity index (χ1n) is 5.81. The molecule has 6 N–H and O–H groups in total. The molecular formula is C13H13N3O4S. The number of rotatable bonds is 4. The molecule has 7 nitrogen and oxygen atoms in total. The lowest BCUT2D eigenvalue weighted by molar-refractivity contribution is 0.100. The van der Waals surface area contributed by atoms with Crippen molar-refractivity contribution in [2.75, 3.05) is 10.5 Å². The van der Waals surface area contributed by atoms with Crippen molar-refractivity contribution in [2.45, 2.75) is 4.90 Å². The number of benzene rings is 2. The fourth-order valence-corrected chi connectivity index (χ4v) is 2.71. The Balaban J connectivity index is 2.28. The highest BCUT2D eigenvalue weighted by Crippen LogP contribution is 2.24. The van der Waals surface area contributed by atoms with E-state index in [1.807, 2.05) is 0 Å². The summed E-state index contributed by atoms with van der Waals surface area (Å²) < 4.78 is 26.6. The van der Waals surface area contributed by atoms with Crippen LogP contribution in [0.3, 0.4) is 0 Å². The molecule has 0 spiro atoms. The van der Waals surface area contributed by atoms with Crippen LogP contribution in [0.5, 0.6) is 5.75 Å². The Labute approximate surface area is 121 Å². The maximum Gasteiger partial charge on any atom is 0.261 e. The number of phenolic OH excluding ortho intramolecular Hbond substituents is 1. The Morgan fingerprint density at radius 3 is 2.24 bits per heavy atom. The average molecular weight is 307 g/mol. The molecule has 110 valence electrons. The molecule has 0 heterocycles. The molecule has 0 unspecified atom stereocenters. The molecule has 2 aromatic carbocycles. The minimum Gasteiger partial charge on any atom is -0.506 e. The normalized spacial score (nSPS) is 11.0. The summed E-state index contributed by atoms with van der Waals surface area (Å²) in [5.74, 6) is -0.796. The molecule has 2 aromatic rings. The molecule has 2 rings (SSSR count). The number of sulfonamides is 1. The maximum absolute atomic E-state index is 12.1. The number of carbonyl (C=O) groups excluding carboxylic acids is 1. The largest absolute Gasteiger partial charge is 0.506 e. The number of aromatic hydroxyl groups is 1. The number of primary amides is 1. The second-order valence-electron chi connectivity index (χ2n) is 4.27. The number of nitrogens with two attached hydrogens (primary N) is 2. The van der Waals surface area contributed by atoms with Gasteiger partial charge in [-0.3, -0.25) is 9.52 Å². The van der Waals surface area contributed by atoms with Gasteiger partial charge >= 0.3 is 0 Å². The van der Waals surface area contributed by atoms with E-state index < -0.39 is 15.9 Å². The van der Waals surface area contributed by atoms with Crippen LogP contribution in [0.25, 0.3) is 0 Å². The monoisotopic (exact) mass is 307 g/mol. The molecule has 8 heteroatoms. The number of amides is 1. The zero-order valence-corrected chi connectivity index (χ0v) is 11.6. The van der Waals surface area contributed by atoms with Gasteiger partial charge in [0.1, 0.15) is 5.75 Å². The number of carbonyl (C=O) groups is 1. The van der Waals surface area contributed by atoms with E-state index in [9.17, 15) is 18.3 Å². The predicted octanol–water partition coefficient (Wildman–Crippen LogP) is 0.874. The SMILES string of the molecule is NC(=O)c1ccc(NS(=O)(=O)c2ccc(O)c(N)c2)cc1. The van der Waals surface area contributed by atoms with Crippen LogP contribution in [0.15, 0.2) is 47.4 Å². The molecule has 0 aliphatic heterocycles. The van der Waals surface area contributed by atoms with E-state index in [0.29, 0.717) is 0 Å². The topological polar surface area (TPSA) is 136 Å². The van der Waals surface area contributed by atoms with Gasteiger partial charge in [0.25, 0.3) is 10.0 Å². The van der Waals surface area contributed by atoms with Gasteiger partial charge in [0.05, 0.1) is 10.6 Å². The Bertz CT molecular complexity index is 786. The van der Waals surface area contributed by atoms with Crippen molar-refractivity contribution < 1.29 is 18.3 Å². The van der Waals surface area contributed by atoms with E-state index in [-0.39, 0.29) is 27.6 Å². The first-order valence-corrected chi connectivity index (χ1v) is 7.29. The zero-order chi connectivity index (χ0) is 15.6. The predicted molar refractivity (Wildman–Crippen MR) is 78.3 cm³/mol. The number of nitrogens with one attached hydrogen (secondary N) is 1. The lowest BCUT2D eigenvalue weighted by Crippen LogP contribution is -2.14. The van der Waals surface area contributed by atoms with Crippen LogP contribution < -0.4 is 16.2 Å². The quantitative estimate of drug-likeness (QED) is 0.491. The summed E-state index contributed by atoms with van der Waals surface area (Å²) in [4.78, 5) is 10.8. The second-order valence-corrected chi connectivity index (χ2v) is 5.95. The summed E-state index contributed by atoms with van der Waals surface area (Å²) in [5.41, 5.74) is 11.1. The molecule has 0 aliphatic rings. The third-order valence-corrected chi connectivity index (χ3v) is 4.11. The van der Waals surface area contributed by atoms with Crippen molar-refractivity contribution >= 4 is 27.3 Å². The van der Waals surface area contributed by atoms with Crippen molar-refractivity contribution in [3.8, 4) is 5.75 Å². The van der Waals surface area contributed by atoms with Crippen LogP contribution in [0.1, 0.15) is 10.4 Å². The number of hydrogen-bond acceptors (Lipinski definition) is 5. The van der Waals surface area contributed by atoms with Crippen molar-refractivity contribution in [2.24, 2.45) is 5.73 Å². The highest BCUT2D eigenvalue weighted by molar-refractivity contribution is 7.92. The van der Waals surface area contributed by atoms with Crippen LogP contribution in [-0.4, -0.2) is 19.4 Å². The summed E-state index contributed by atoms with van der Waals surface area (Å²) in [5, 5.41) is 9.30. The Morgan fingerprint density at radius 2 is 1.71 bits per heavy atom. The maximum atomic E-state index is 12.1. The number of nitrogen functional groups attached to an aromatic ring is 1.